The molecule has 0 bridgehead atoms. The zero-order valence-electron chi connectivity index (χ0n) is 11.1. The molecule has 2 N–H and O–H groups in total. The number of nitrogen functional groups attached to an aromatic ring is 1. The molecule has 1 heterocycles. The van der Waals surface area contributed by atoms with E-state index in [1.54, 1.807) is 7.11 Å². The number of hydrogen-bond acceptors (Lipinski definition) is 2. The van der Waals surface area contributed by atoms with Gasteiger partial charge < -0.3 is 15.0 Å². The highest BCUT2D eigenvalue weighted by Gasteiger charge is 2.07. The molecule has 3 aromatic rings. The lowest BCUT2D eigenvalue weighted by molar-refractivity contribution is 0.409. The molecular formula is C16H15BrN2O. The summed E-state index contributed by atoms with van der Waals surface area (Å²) in [6.07, 6.45) is 2.09. The predicted octanol–water partition coefficient (Wildman–Crippen LogP) is 4.04. The maximum atomic E-state index is 5.79. The second-order valence-corrected chi connectivity index (χ2v) is 5.63. The molecule has 20 heavy (non-hydrogen) atoms. The Bertz CT molecular complexity index is 764. The van der Waals surface area contributed by atoms with E-state index in [1.807, 2.05) is 18.2 Å². The molecule has 2 aromatic carbocycles. The smallest absolute Gasteiger partial charge is 0.125 e. The number of anilines is 1. The summed E-state index contributed by atoms with van der Waals surface area (Å²) in [5.41, 5.74) is 8.82. The quantitative estimate of drug-likeness (QED) is 0.736. The summed E-state index contributed by atoms with van der Waals surface area (Å²) < 4.78 is 8.70. The average molecular weight is 331 g/mol. The van der Waals surface area contributed by atoms with Crippen LogP contribution >= 0.6 is 15.9 Å². The van der Waals surface area contributed by atoms with Crippen molar-refractivity contribution >= 4 is 32.5 Å². The van der Waals surface area contributed by atoms with Gasteiger partial charge in [0.1, 0.15) is 5.75 Å². The van der Waals surface area contributed by atoms with E-state index in [0.29, 0.717) is 5.69 Å². The first-order valence-electron chi connectivity index (χ1n) is 6.34. The van der Waals surface area contributed by atoms with Crippen molar-refractivity contribution in [2.45, 2.75) is 6.54 Å². The minimum absolute atomic E-state index is 0.715. The van der Waals surface area contributed by atoms with Gasteiger partial charge in [0.15, 0.2) is 0 Å². The number of fused-ring (bicyclic) bond motifs is 1. The number of nitrogens with zero attached hydrogens (tertiary/aromatic N) is 1. The first-order valence-corrected chi connectivity index (χ1v) is 7.13. The fourth-order valence-corrected chi connectivity index (χ4v) is 2.76. The highest BCUT2D eigenvalue weighted by molar-refractivity contribution is 9.10. The topological polar surface area (TPSA) is 40.2 Å². The van der Waals surface area contributed by atoms with Crippen molar-refractivity contribution in [1.82, 2.24) is 4.57 Å². The second kappa shape index (κ2) is 5.21. The van der Waals surface area contributed by atoms with Gasteiger partial charge in [-0.15, -0.1) is 0 Å². The van der Waals surface area contributed by atoms with E-state index in [0.717, 1.165) is 22.3 Å². The zero-order valence-corrected chi connectivity index (χ0v) is 12.7. The van der Waals surface area contributed by atoms with Crippen LogP contribution in [0.2, 0.25) is 0 Å². The van der Waals surface area contributed by atoms with E-state index in [4.69, 9.17) is 10.5 Å². The Labute approximate surface area is 126 Å². The number of rotatable bonds is 3. The molecule has 0 aliphatic carbocycles. The SMILES string of the molecule is COc1cc(N)ccc1Cn1ccc2cc(Br)ccc21. The highest BCUT2D eigenvalue weighted by Crippen LogP contribution is 2.26. The summed E-state index contributed by atoms with van der Waals surface area (Å²) in [7, 11) is 1.67. The summed E-state index contributed by atoms with van der Waals surface area (Å²) in [4.78, 5) is 0. The number of methoxy groups -OCH3 is 1. The molecule has 102 valence electrons. The van der Waals surface area contributed by atoms with Crippen molar-refractivity contribution in [2.75, 3.05) is 12.8 Å². The highest BCUT2D eigenvalue weighted by atomic mass is 79.9. The molecule has 3 rings (SSSR count). The van der Waals surface area contributed by atoms with Crippen LogP contribution in [0.25, 0.3) is 10.9 Å². The molecule has 0 spiro atoms. The molecule has 4 heteroatoms. The number of nitrogens with two attached hydrogens (primary N) is 1. The molecule has 0 unspecified atom stereocenters. The van der Waals surface area contributed by atoms with Crippen LogP contribution in [0.15, 0.2) is 53.1 Å². The van der Waals surface area contributed by atoms with Crippen LogP contribution < -0.4 is 10.5 Å². The zero-order chi connectivity index (χ0) is 14.1. The molecule has 1 aromatic heterocycles. The molecular weight excluding hydrogens is 316 g/mol. The van der Waals surface area contributed by atoms with Gasteiger partial charge in [-0.25, -0.2) is 0 Å². The third-order valence-electron chi connectivity index (χ3n) is 3.38. The summed E-state index contributed by atoms with van der Waals surface area (Å²) in [5.74, 6) is 0.823. The van der Waals surface area contributed by atoms with Crippen molar-refractivity contribution in [3.05, 3.63) is 58.7 Å². The monoisotopic (exact) mass is 330 g/mol. The lowest BCUT2D eigenvalue weighted by atomic mass is 10.1. The van der Waals surface area contributed by atoms with Gasteiger partial charge in [-0.2, -0.15) is 0 Å². The minimum Gasteiger partial charge on any atom is -0.496 e. The number of aromatic nitrogens is 1. The normalized spacial score (nSPS) is 10.9. The first kappa shape index (κ1) is 13.1. The standard InChI is InChI=1S/C16H15BrN2O/c1-20-16-9-14(18)4-2-12(16)10-19-7-6-11-8-13(17)3-5-15(11)19/h2-9H,10,18H2,1H3. The van der Waals surface area contributed by atoms with E-state index in [9.17, 15) is 0 Å². The predicted molar refractivity (Wildman–Crippen MR) is 86.1 cm³/mol. The van der Waals surface area contributed by atoms with Gasteiger partial charge in [0, 0.05) is 38.9 Å². The molecule has 0 amide bonds. The molecule has 3 nitrogen and oxygen atoms in total. The molecule has 0 saturated carbocycles. The summed E-state index contributed by atoms with van der Waals surface area (Å²) in [5, 5.41) is 1.22. The second-order valence-electron chi connectivity index (χ2n) is 4.72. The van der Waals surface area contributed by atoms with E-state index in [2.05, 4.69) is 51.0 Å². The third kappa shape index (κ3) is 2.39. The Morgan fingerprint density at radius 1 is 1.15 bits per heavy atom. The molecule has 0 aliphatic heterocycles. The Hall–Kier alpha value is -1.94. The molecule has 0 radical (unpaired) electrons. The van der Waals surface area contributed by atoms with Crippen LogP contribution in [0.5, 0.6) is 5.75 Å². The minimum atomic E-state index is 0.715. The van der Waals surface area contributed by atoms with Gasteiger partial charge in [-0.3, -0.25) is 0 Å². The maximum Gasteiger partial charge on any atom is 0.125 e. The number of hydrogen-bond donors (Lipinski definition) is 1. The van der Waals surface area contributed by atoms with Crippen molar-refractivity contribution < 1.29 is 4.74 Å². The van der Waals surface area contributed by atoms with E-state index in [-0.39, 0.29) is 0 Å². The molecule has 0 aliphatic rings. The third-order valence-corrected chi connectivity index (χ3v) is 3.88. The van der Waals surface area contributed by atoms with Crippen molar-refractivity contribution in [3.8, 4) is 5.75 Å². The van der Waals surface area contributed by atoms with Crippen molar-refractivity contribution in [1.29, 1.82) is 0 Å². The van der Waals surface area contributed by atoms with Crippen LogP contribution in [-0.4, -0.2) is 11.7 Å². The van der Waals surface area contributed by atoms with Crippen molar-refractivity contribution in [2.24, 2.45) is 0 Å². The van der Waals surface area contributed by atoms with Gasteiger partial charge in [-0.1, -0.05) is 22.0 Å². The van der Waals surface area contributed by atoms with E-state index >= 15 is 0 Å². The fraction of sp³-hybridized carbons (Fsp3) is 0.125. The summed E-state index contributed by atoms with van der Waals surface area (Å²) >= 11 is 3.50. The van der Waals surface area contributed by atoms with Crippen LogP contribution in [-0.2, 0) is 6.54 Å². The van der Waals surface area contributed by atoms with Gasteiger partial charge in [0.2, 0.25) is 0 Å². The van der Waals surface area contributed by atoms with Gasteiger partial charge in [0.25, 0.3) is 0 Å². The molecule has 0 saturated heterocycles. The van der Waals surface area contributed by atoms with Crippen LogP contribution in [0.4, 0.5) is 5.69 Å². The summed E-state index contributed by atoms with van der Waals surface area (Å²) in [6.45, 7) is 0.759. The first-order chi connectivity index (χ1) is 9.67. The fourth-order valence-electron chi connectivity index (χ4n) is 2.38. The average Bonchev–Trinajstić information content (AvgIpc) is 2.83. The number of benzene rings is 2. The Balaban J connectivity index is 2.01. The van der Waals surface area contributed by atoms with Crippen molar-refractivity contribution in [3.63, 3.8) is 0 Å². The summed E-state index contributed by atoms with van der Waals surface area (Å²) in [6, 6.07) is 14.2. The number of ether oxygens (including phenoxy) is 1. The van der Waals surface area contributed by atoms with Crippen LogP contribution in [0, 0.1) is 0 Å². The Kier molecular flexibility index (Phi) is 3.40. The van der Waals surface area contributed by atoms with Crippen LogP contribution in [0.3, 0.4) is 0 Å². The van der Waals surface area contributed by atoms with Gasteiger partial charge in [0.05, 0.1) is 13.7 Å². The largest absolute Gasteiger partial charge is 0.496 e. The van der Waals surface area contributed by atoms with Gasteiger partial charge in [-0.05, 0) is 30.3 Å². The maximum absolute atomic E-state index is 5.79. The van der Waals surface area contributed by atoms with Gasteiger partial charge >= 0.3 is 0 Å². The lowest BCUT2D eigenvalue weighted by Crippen LogP contribution is -2.01. The van der Waals surface area contributed by atoms with E-state index in [1.165, 1.54) is 10.9 Å². The number of halogens is 1. The molecule has 0 fully saturated rings. The molecule has 0 atom stereocenters. The van der Waals surface area contributed by atoms with Crippen LogP contribution in [0.1, 0.15) is 5.56 Å². The Morgan fingerprint density at radius 2 is 2.00 bits per heavy atom. The Morgan fingerprint density at radius 3 is 2.80 bits per heavy atom. The van der Waals surface area contributed by atoms with E-state index < -0.39 is 0 Å². The lowest BCUT2D eigenvalue weighted by Gasteiger charge is -2.11.